The molecule has 8 heteroatoms. The second-order valence-corrected chi connectivity index (χ2v) is 4.50. The molecule has 1 heterocycles. The molecular weight excluding hydrogens is 198 g/mol. The Morgan fingerprint density at radius 2 is 2.08 bits per heavy atom. The van der Waals surface area contributed by atoms with Gasteiger partial charge in [-0.05, 0) is 7.05 Å². The number of hydrogen-bond donors (Lipinski definition) is 3. The van der Waals surface area contributed by atoms with E-state index in [1.807, 2.05) is 10.0 Å². The first-order valence-electron chi connectivity index (χ1n) is 3.48. The standard InChI is InChI=1S/C5H9N3O4S/c1-6-13(11,12)3-2-7-5(10)8-4(3)9/h3,6H,2H2,1H3,(H2,7,8,9,10). The Balaban J connectivity index is 2.84. The van der Waals surface area contributed by atoms with Gasteiger partial charge < -0.3 is 5.32 Å². The van der Waals surface area contributed by atoms with E-state index in [9.17, 15) is 18.0 Å². The predicted octanol–water partition coefficient (Wildman–Crippen LogP) is -2.26. The fourth-order valence-electron chi connectivity index (χ4n) is 0.908. The topological polar surface area (TPSA) is 104 Å². The Labute approximate surface area is 74.9 Å². The highest BCUT2D eigenvalue weighted by atomic mass is 32.2. The van der Waals surface area contributed by atoms with Gasteiger partial charge in [-0.1, -0.05) is 0 Å². The maximum atomic E-state index is 11.1. The van der Waals surface area contributed by atoms with Gasteiger partial charge in [0.15, 0.2) is 5.25 Å². The molecule has 1 rings (SSSR count). The quantitative estimate of drug-likeness (QED) is 0.475. The van der Waals surface area contributed by atoms with Crippen LogP contribution in [0.3, 0.4) is 0 Å². The molecule has 1 atom stereocenters. The van der Waals surface area contributed by atoms with Gasteiger partial charge in [-0.2, -0.15) is 0 Å². The van der Waals surface area contributed by atoms with Crippen molar-refractivity contribution in [2.75, 3.05) is 13.6 Å². The molecule has 0 aromatic carbocycles. The first-order chi connectivity index (χ1) is 5.97. The lowest BCUT2D eigenvalue weighted by atomic mass is 10.3. The van der Waals surface area contributed by atoms with Gasteiger partial charge in [-0.25, -0.2) is 17.9 Å². The molecule has 0 aromatic rings. The monoisotopic (exact) mass is 207 g/mol. The van der Waals surface area contributed by atoms with Crippen LogP contribution in [0, 0.1) is 0 Å². The molecule has 13 heavy (non-hydrogen) atoms. The van der Waals surface area contributed by atoms with Gasteiger partial charge in [-0.15, -0.1) is 0 Å². The van der Waals surface area contributed by atoms with Crippen molar-refractivity contribution in [2.45, 2.75) is 5.25 Å². The smallest absolute Gasteiger partial charge is 0.321 e. The molecule has 3 N–H and O–H groups in total. The average molecular weight is 207 g/mol. The summed E-state index contributed by atoms with van der Waals surface area (Å²) < 4.78 is 24.3. The number of nitrogens with one attached hydrogen (secondary N) is 3. The molecule has 0 aromatic heterocycles. The number of sulfonamides is 1. The van der Waals surface area contributed by atoms with Gasteiger partial charge in [-0.3, -0.25) is 10.1 Å². The van der Waals surface area contributed by atoms with Crippen LogP contribution < -0.4 is 15.4 Å². The number of urea groups is 1. The maximum Gasteiger partial charge on any atom is 0.321 e. The van der Waals surface area contributed by atoms with Crippen molar-refractivity contribution >= 4 is 22.0 Å². The van der Waals surface area contributed by atoms with Crippen LogP contribution in [0.1, 0.15) is 0 Å². The molecule has 1 aliphatic heterocycles. The van der Waals surface area contributed by atoms with E-state index in [1.165, 1.54) is 7.05 Å². The lowest BCUT2D eigenvalue weighted by molar-refractivity contribution is -0.120. The SMILES string of the molecule is CNS(=O)(=O)C1CNC(=O)NC1=O. The molecule has 1 aliphatic rings. The molecule has 0 aliphatic carbocycles. The molecule has 1 saturated heterocycles. The van der Waals surface area contributed by atoms with Crippen LogP contribution in [0.15, 0.2) is 0 Å². The van der Waals surface area contributed by atoms with Crippen molar-refractivity contribution < 1.29 is 18.0 Å². The molecular formula is C5H9N3O4S. The van der Waals surface area contributed by atoms with Crippen LogP contribution in [0.25, 0.3) is 0 Å². The first-order valence-corrected chi connectivity index (χ1v) is 5.03. The highest BCUT2D eigenvalue weighted by Crippen LogP contribution is 2.00. The average Bonchev–Trinajstić information content (AvgIpc) is 2.03. The Hall–Kier alpha value is -1.15. The summed E-state index contributed by atoms with van der Waals surface area (Å²) in [7, 11) is -2.46. The zero-order chi connectivity index (χ0) is 10.1. The molecule has 3 amide bonds. The van der Waals surface area contributed by atoms with Crippen LogP contribution in [-0.2, 0) is 14.8 Å². The highest BCUT2D eigenvalue weighted by molar-refractivity contribution is 7.90. The van der Waals surface area contributed by atoms with E-state index in [4.69, 9.17) is 0 Å². The fourth-order valence-corrected chi connectivity index (χ4v) is 1.84. The minimum atomic E-state index is -3.67. The number of carbonyl (C=O) groups excluding carboxylic acids is 2. The van der Waals surface area contributed by atoms with Gasteiger partial charge in [0, 0.05) is 6.54 Å². The summed E-state index contributed by atoms with van der Waals surface area (Å²) in [6.07, 6.45) is 0. The van der Waals surface area contributed by atoms with Crippen molar-refractivity contribution in [3.8, 4) is 0 Å². The zero-order valence-electron chi connectivity index (χ0n) is 6.83. The van der Waals surface area contributed by atoms with Crippen LogP contribution in [0.2, 0.25) is 0 Å². The van der Waals surface area contributed by atoms with E-state index in [0.29, 0.717) is 0 Å². The van der Waals surface area contributed by atoms with Crippen LogP contribution in [-0.4, -0.2) is 39.2 Å². The van der Waals surface area contributed by atoms with Crippen molar-refractivity contribution in [3.05, 3.63) is 0 Å². The third-order valence-electron chi connectivity index (χ3n) is 1.64. The van der Waals surface area contributed by atoms with Gasteiger partial charge in [0.2, 0.25) is 15.9 Å². The van der Waals surface area contributed by atoms with Crippen molar-refractivity contribution in [3.63, 3.8) is 0 Å². The normalized spacial score (nSPS) is 23.6. The Bertz CT molecular complexity index is 336. The fraction of sp³-hybridized carbons (Fsp3) is 0.600. The predicted molar refractivity (Wildman–Crippen MR) is 43.3 cm³/mol. The van der Waals surface area contributed by atoms with Crippen molar-refractivity contribution in [1.82, 2.24) is 15.4 Å². The van der Waals surface area contributed by atoms with Gasteiger partial charge >= 0.3 is 6.03 Å². The van der Waals surface area contributed by atoms with Gasteiger partial charge in [0.25, 0.3) is 0 Å². The van der Waals surface area contributed by atoms with E-state index in [1.54, 1.807) is 0 Å². The molecule has 0 saturated carbocycles. The summed E-state index contributed by atoms with van der Waals surface area (Å²) in [5.74, 6) is -0.807. The van der Waals surface area contributed by atoms with Crippen LogP contribution >= 0.6 is 0 Å². The number of amides is 3. The number of imide groups is 1. The molecule has 0 radical (unpaired) electrons. The van der Waals surface area contributed by atoms with E-state index in [-0.39, 0.29) is 6.54 Å². The summed E-state index contributed by atoms with van der Waals surface area (Å²) >= 11 is 0. The lowest BCUT2D eigenvalue weighted by Crippen LogP contribution is -2.59. The largest absolute Gasteiger partial charge is 0.336 e. The van der Waals surface area contributed by atoms with Crippen LogP contribution in [0.4, 0.5) is 4.79 Å². The Morgan fingerprint density at radius 3 is 2.54 bits per heavy atom. The summed E-state index contributed by atoms with van der Waals surface area (Å²) in [5, 5.41) is 2.82. The van der Waals surface area contributed by atoms with Gasteiger partial charge in [0.05, 0.1) is 0 Å². The molecule has 74 valence electrons. The van der Waals surface area contributed by atoms with Crippen LogP contribution in [0.5, 0.6) is 0 Å². The second kappa shape index (κ2) is 3.30. The third kappa shape index (κ3) is 1.95. The summed E-state index contributed by atoms with van der Waals surface area (Å²) in [6.45, 7) is -0.201. The third-order valence-corrected chi connectivity index (χ3v) is 3.34. The lowest BCUT2D eigenvalue weighted by Gasteiger charge is -2.21. The number of carbonyl (C=O) groups is 2. The number of rotatable bonds is 2. The summed E-state index contributed by atoms with van der Waals surface area (Å²) in [5.41, 5.74) is 0. The minimum Gasteiger partial charge on any atom is -0.336 e. The van der Waals surface area contributed by atoms with E-state index in [2.05, 4.69) is 5.32 Å². The van der Waals surface area contributed by atoms with Crippen molar-refractivity contribution in [1.29, 1.82) is 0 Å². The number of hydrogen-bond acceptors (Lipinski definition) is 4. The van der Waals surface area contributed by atoms with E-state index < -0.39 is 27.2 Å². The summed E-state index contributed by atoms with van der Waals surface area (Å²) in [4.78, 5) is 21.6. The molecule has 7 nitrogen and oxygen atoms in total. The van der Waals surface area contributed by atoms with Gasteiger partial charge in [0.1, 0.15) is 0 Å². The minimum absolute atomic E-state index is 0.201. The molecule has 0 bridgehead atoms. The first kappa shape index (κ1) is 9.93. The summed E-state index contributed by atoms with van der Waals surface area (Å²) in [6, 6.07) is -0.674. The molecule has 1 fully saturated rings. The molecule has 1 unspecified atom stereocenters. The molecule has 0 spiro atoms. The van der Waals surface area contributed by atoms with E-state index in [0.717, 1.165) is 0 Å². The maximum absolute atomic E-state index is 11.1. The Kier molecular flexibility index (Phi) is 2.52. The highest BCUT2D eigenvalue weighted by Gasteiger charge is 2.35. The second-order valence-electron chi connectivity index (χ2n) is 2.44. The Morgan fingerprint density at radius 1 is 1.46 bits per heavy atom. The van der Waals surface area contributed by atoms with Crippen molar-refractivity contribution in [2.24, 2.45) is 0 Å². The zero-order valence-corrected chi connectivity index (χ0v) is 7.64. The van der Waals surface area contributed by atoms with E-state index >= 15 is 0 Å².